The van der Waals surface area contributed by atoms with Crippen molar-refractivity contribution in [3.05, 3.63) is 89.4 Å². The summed E-state index contributed by atoms with van der Waals surface area (Å²) in [7, 11) is 0. The van der Waals surface area contributed by atoms with Crippen LogP contribution in [0.1, 0.15) is 18.6 Å². The molecule has 3 aromatic carbocycles. The number of ether oxygens (including phenoxy) is 1. The van der Waals surface area contributed by atoms with Crippen LogP contribution in [0.5, 0.6) is 0 Å². The maximum absolute atomic E-state index is 13.3. The molecule has 0 N–H and O–H groups in total. The molecule has 7 heteroatoms. The SMILES string of the molecule is CC(=O)OC(C(=O)N1CCN(c2ccccc2)CC1)c1ccc(-c2ccccc2Cl)cc1.Cl. The lowest BCUT2D eigenvalue weighted by Crippen LogP contribution is -2.50. The molecular weight excluding hydrogens is 459 g/mol. The topological polar surface area (TPSA) is 49.9 Å². The van der Waals surface area contributed by atoms with Gasteiger partial charge in [0.05, 0.1) is 0 Å². The van der Waals surface area contributed by atoms with Crippen LogP contribution in [0.4, 0.5) is 5.69 Å². The average molecular weight is 485 g/mol. The van der Waals surface area contributed by atoms with Crippen LogP contribution in [0.3, 0.4) is 0 Å². The number of para-hydroxylation sites is 1. The number of benzene rings is 3. The number of amides is 1. The third-order valence-electron chi connectivity index (χ3n) is 5.62. The first-order chi connectivity index (χ1) is 15.5. The van der Waals surface area contributed by atoms with E-state index in [9.17, 15) is 9.59 Å². The molecule has 33 heavy (non-hydrogen) atoms. The van der Waals surface area contributed by atoms with Crippen LogP contribution in [0.25, 0.3) is 11.1 Å². The summed E-state index contributed by atoms with van der Waals surface area (Å²) in [6, 6.07) is 25.2. The molecule has 0 spiro atoms. The molecule has 1 heterocycles. The van der Waals surface area contributed by atoms with E-state index in [0.29, 0.717) is 23.7 Å². The average Bonchev–Trinajstić information content (AvgIpc) is 2.83. The molecule has 0 aliphatic carbocycles. The van der Waals surface area contributed by atoms with E-state index >= 15 is 0 Å². The van der Waals surface area contributed by atoms with Gasteiger partial charge in [-0.05, 0) is 23.8 Å². The molecule has 1 aliphatic heterocycles. The third-order valence-corrected chi connectivity index (χ3v) is 5.95. The number of anilines is 1. The number of carbonyl (C=O) groups is 2. The summed E-state index contributed by atoms with van der Waals surface area (Å²) in [6.45, 7) is 3.93. The van der Waals surface area contributed by atoms with Gasteiger partial charge in [0.1, 0.15) is 0 Å². The molecule has 1 aliphatic rings. The van der Waals surface area contributed by atoms with Gasteiger partial charge in [0.25, 0.3) is 5.91 Å². The van der Waals surface area contributed by atoms with Crippen molar-refractivity contribution in [2.45, 2.75) is 13.0 Å². The summed E-state index contributed by atoms with van der Waals surface area (Å²) in [5.41, 5.74) is 3.63. The van der Waals surface area contributed by atoms with E-state index in [0.717, 1.165) is 29.9 Å². The first kappa shape index (κ1) is 24.6. The highest BCUT2D eigenvalue weighted by molar-refractivity contribution is 6.33. The summed E-state index contributed by atoms with van der Waals surface area (Å²) >= 11 is 6.30. The van der Waals surface area contributed by atoms with E-state index in [2.05, 4.69) is 17.0 Å². The molecule has 1 atom stereocenters. The molecule has 0 saturated carbocycles. The van der Waals surface area contributed by atoms with Gasteiger partial charge in [0, 0.05) is 54.9 Å². The van der Waals surface area contributed by atoms with Crippen LogP contribution in [0.15, 0.2) is 78.9 Å². The molecule has 0 aromatic heterocycles. The summed E-state index contributed by atoms with van der Waals surface area (Å²) in [4.78, 5) is 29.1. The summed E-state index contributed by atoms with van der Waals surface area (Å²) in [5, 5.41) is 0.657. The van der Waals surface area contributed by atoms with E-state index in [1.807, 2.05) is 66.7 Å². The highest BCUT2D eigenvalue weighted by atomic mass is 35.5. The number of rotatable bonds is 5. The Morgan fingerprint density at radius 1 is 0.848 bits per heavy atom. The molecule has 1 amide bonds. The minimum Gasteiger partial charge on any atom is -0.447 e. The van der Waals surface area contributed by atoms with Crippen LogP contribution < -0.4 is 4.90 Å². The van der Waals surface area contributed by atoms with Crippen molar-refractivity contribution in [2.24, 2.45) is 0 Å². The van der Waals surface area contributed by atoms with E-state index in [-0.39, 0.29) is 18.3 Å². The highest BCUT2D eigenvalue weighted by Crippen LogP contribution is 2.30. The van der Waals surface area contributed by atoms with Crippen molar-refractivity contribution >= 4 is 41.6 Å². The van der Waals surface area contributed by atoms with Crippen LogP contribution in [-0.4, -0.2) is 43.0 Å². The zero-order valence-corrected chi connectivity index (χ0v) is 19.9. The van der Waals surface area contributed by atoms with Crippen molar-refractivity contribution in [1.29, 1.82) is 0 Å². The minimum atomic E-state index is -0.962. The van der Waals surface area contributed by atoms with Crippen molar-refractivity contribution in [2.75, 3.05) is 31.1 Å². The number of hydrogen-bond acceptors (Lipinski definition) is 4. The Balaban J connectivity index is 0.00000306. The number of hydrogen-bond donors (Lipinski definition) is 0. The number of nitrogens with zero attached hydrogens (tertiary/aromatic N) is 2. The van der Waals surface area contributed by atoms with Crippen LogP contribution in [0, 0.1) is 0 Å². The second-order valence-electron chi connectivity index (χ2n) is 7.74. The van der Waals surface area contributed by atoms with Crippen molar-refractivity contribution in [1.82, 2.24) is 4.90 Å². The smallest absolute Gasteiger partial charge is 0.303 e. The molecule has 0 radical (unpaired) electrons. The van der Waals surface area contributed by atoms with Crippen molar-refractivity contribution < 1.29 is 14.3 Å². The van der Waals surface area contributed by atoms with Gasteiger partial charge in [-0.3, -0.25) is 9.59 Å². The summed E-state index contributed by atoms with van der Waals surface area (Å²) in [5.74, 6) is -0.681. The van der Waals surface area contributed by atoms with E-state index in [4.69, 9.17) is 16.3 Å². The van der Waals surface area contributed by atoms with Crippen LogP contribution >= 0.6 is 24.0 Å². The van der Waals surface area contributed by atoms with Gasteiger partial charge >= 0.3 is 5.97 Å². The fourth-order valence-electron chi connectivity index (χ4n) is 3.95. The molecular formula is C26H26Cl2N2O3. The Hall–Kier alpha value is -3.02. The second kappa shape index (κ2) is 11.2. The first-order valence-electron chi connectivity index (χ1n) is 10.6. The predicted octanol–water partition coefficient (Wildman–Crippen LogP) is 5.38. The number of piperazine rings is 1. The predicted molar refractivity (Wildman–Crippen MR) is 134 cm³/mol. The van der Waals surface area contributed by atoms with Gasteiger partial charge in [0.15, 0.2) is 0 Å². The fourth-order valence-corrected chi connectivity index (χ4v) is 4.19. The Kier molecular flexibility index (Phi) is 8.37. The third kappa shape index (κ3) is 5.86. The summed E-state index contributed by atoms with van der Waals surface area (Å²) < 4.78 is 5.46. The Labute approximate surface area is 205 Å². The zero-order valence-electron chi connectivity index (χ0n) is 18.3. The monoisotopic (exact) mass is 484 g/mol. The molecule has 5 nitrogen and oxygen atoms in total. The molecule has 0 bridgehead atoms. The Bertz CT molecular complexity index is 1080. The molecule has 1 unspecified atom stereocenters. The standard InChI is InChI=1S/C26H25ClN2O3.ClH/c1-19(30)32-25(21-13-11-20(12-14-21)23-9-5-6-10-24(23)27)26(31)29-17-15-28(16-18-29)22-7-3-2-4-8-22;/h2-14,25H,15-18H2,1H3;1H. The van der Waals surface area contributed by atoms with Crippen molar-refractivity contribution in [3.63, 3.8) is 0 Å². The van der Waals surface area contributed by atoms with E-state index in [1.165, 1.54) is 6.92 Å². The first-order valence-corrected chi connectivity index (χ1v) is 11.0. The lowest BCUT2D eigenvalue weighted by Gasteiger charge is -2.37. The highest BCUT2D eigenvalue weighted by Gasteiger charge is 2.31. The minimum absolute atomic E-state index is 0. The maximum Gasteiger partial charge on any atom is 0.303 e. The van der Waals surface area contributed by atoms with Gasteiger partial charge in [0.2, 0.25) is 6.10 Å². The molecule has 1 saturated heterocycles. The molecule has 172 valence electrons. The lowest BCUT2D eigenvalue weighted by atomic mass is 10.0. The second-order valence-corrected chi connectivity index (χ2v) is 8.15. The largest absolute Gasteiger partial charge is 0.447 e. The van der Waals surface area contributed by atoms with Gasteiger partial charge in [-0.2, -0.15) is 0 Å². The maximum atomic E-state index is 13.3. The van der Waals surface area contributed by atoms with Crippen molar-refractivity contribution in [3.8, 4) is 11.1 Å². The van der Waals surface area contributed by atoms with Gasteiger partial charge in [-0.25, -0.2) is 0 Å². The Morgan fingerprint density at radius 3 is 2.06 bits per heavy atom. The van der Waals surface area contributed by atoms with Gasteiger partial charge < -0.3 is 14.5 Å². The van der Waals surface area contributed by atoms with E-state index in [1.54, 1.807) is 4.90 Å². The molecule has 4 rings (SSSR count). The molecule has 1 fully saturated rings. The zero-order chi connectivity index (χ0) is 22.5. The van der Waals surface area contributed by atoms with Crippen LogP contribution in [-0.2, 0) is 14.3 Å². The number of esters is 1. The quantitative estimate of drug-likeness (QED) is 0.456. The fraction of sp³-hybridized carbons (Fsp3) is 0.231. The van der Waals surface area contributed by atoms with Crippen LogP contribution in [0.2, 0.25) is 5.02 Å². The number of carbonyl (C=O) groups excluding carboxylic acids is 2. The van der Waals surface area contributed by atoms with Gasteiger partial charge in [-0.1, -0.05) is 72.3 Å². The van der Waals surface area contributed by atoms with Gasteiger partial charge in [-0.15, -0.1) is 12.4 Å². The summed E-state index contributed by atoms with van der Waals surface area (Å²) in [6.07, 6.45) is -0.962. The van der Waals surface area contributed by atoms with E-state index < -0.39 is 12.1 Å². The molecule has 3 aromatic rings. The Morgan fingerprint density at radius 2 is 1.45 bits per heavy atom. The lowest BCUT2D eigenvalue weighted by molar-refractivity contribution is -0.159. The normalized spacial score (nSPS) is 14.2. The number of halogens is 2.